The molecule has 0 saturated heterocycles. The molecule has 0 heterocycles. The minimum absolute atomic E-state index is 0.00100. The fraction of sp³-hybridized carbons (Fsp3) is 0.750. The maximum atomic E-state index is 11.9. The number of carbonyl (C=O) groups is 3. The highest BCUT2D eigenvalue weighted by atomic mass is 16.4. The van der Waals surface area contributed by atoms with E-state index < -0.39 is 24.0 Å². The fourth-order valence-corrected chi connectivity index (χ4v) is 1.63. The molecule has 0 fully saturated rings. The van der Waals surface area contributed by atoms with Crippen molar-refractivity contribution in [2.24, 2.45) is 0 Å². The second-order valence-corrected chi connectivity index (χ2v) is 4.32. The first-order valence-electron chi connectivity index (χ1n) is 6.35. The maximum Gasteiger partial charge on any atom is 0.326 e. The highest BCUT2D eigenvalue weighted by molar-refractivity contribution is 5.83. The molecule has 0 spiro atoms. The van der Waals surface area contributed by atoms with Crippen molar-refractivity contribution in [3.8, 4) is 0 Å². The van der Waals surface area contributed by atoms with Crippen LogP contribution in [-0.4, -0.2) is 51.7 Å². The summed E-state index contributed by atoms with van der Waals surface area (Å²) in [6.45, 7) is 6.07. The van der Waals surface area contributed by atoms with Crippen LogP contribution < -0.4 is 5.32 Å². The van der Waals surface area contributed by atoms with Crippen molar-refractivity contribution in [2.75, 3.05) is 6.54 Å². The summed E-state index contributed by atoms with van der Waals surface area (Å²) in [6, 6.07) is -1.66. The number of aliphatic carboxylic acids is 2. The second-order valence-electron chi connectivity index (χ2n) is 4.32. The number of carbonyl (C=O) groups excluding carboxylic acids is 1. The number of carboxylic acid groups (broad SMARTS) is 2. The topological polar surface area (TPSA) is 107 Å². The molecule has 0 aliphatic rings. The van der Waals surface area contributed by atoms with Gasteiger partial charge in [-0.3, -0.25) is 4.79 Å². The van der Waals surface area contributed by atoms with Gasteiger partial charge in [0.15, 0.2) is 0 Å². The number of nitrogens with zero attached hydrogens (tertiary/aromatic N) is 1. The number of urea groups is 1. The van der Waals surface area contributed by atoms with Crippen molar-refractivity contribution in [3.63, 3.8) is 0 Å². The van der Waals surface area contributed by atoms with Crippen LogP contribution in [0.5, 0.6) is 0 Å². The normalized spacial score (nSPS) is 13.4. The van der Waals surface area contributed by atoms with Gasteiger partial charge in [-0.15, -0.1) is 0 Å². The minimum atomic E-state index is -1.23. The van der Waals surface area contributed by atoms with Crippen molar-refractivity contribution in [3.05, 3.63) is 0 Å². The van der Waals surface area contributed by atoms with Crippen LogP contribution in [0.3, 0.4) is 0 Å². The van der Waals surface area contributed by atoms with E-state index in [0.29, 0.717) is 6.54 Å². The first-order chi connectivity index (χ1) is 8.83. The van der Waals surface area contributed by atoms with E-state index in [2.05, 4.69) is 5.32 Å². The van der Waals surface area contributed by atoms with Gasteiger partial charge in [-0.2, -0.15) is 0 Å². The largest absolute Gasteiger partial charge is 0.481 e. The van der Waals surface area contributed by atoms with E-state index in [1.165, 1.54) is 4.90 Å². The lowest BCUT2D eigenvalue weighted by molar-refractivity contribution is -0.140. The highest BCUT2D eigenvalue weighted by Gasteiger charge is 2.24. The number of hydrogen-bond donors (Lipinski definition) is 3. The molecule has 0 aliphatic heterocycles. The summed E-state index contributed by atoms with van der Waals surface area (Å²) in [5, 5.41) is 19.9. The van der Waals surface area contributed by atoms with E-state index in [9.17, 15) is 14.4 Å². The van der Waals surface area contributed by atoms with Crippen molar-refractivity contribution in [1.82, 2.24) is 10.2 Å². The Bertz CT molecular complexity index is 332. The summed E-state index contributed by atoms with van der Waals surface area (Å²) >= 11 is 0. The third-order valence-electron chi connectivity index (χ3n) is 2.97. The Kier molecular flexibility index (Phi) is 7.55. The van der Waals surface area contributed by atoms with Gasteiger partial charge in [0.05, 0.1) is 0 Å². The molecule has 0 radical (unpaired) electrons. The minimum Gasteiger partial charge on any atom is -0.481 e. The lowest BCUT2D eigenvalue weighted by Gasteiger charge is -2.28. The molecule has 0 rings (SSSR count). The summed E-state index contributed by atoms with van der Waals surface area (Å²) < 4.78 is 0. The average Bonchev–Trinajstić information content (AvgIpc) is 2.34. The summed E-state index contributed by atoms with van der Waals surface area (Å²) in [5.41, 5.74) is 0. The van der Waals surface area contributed by atoms with E-state index in [-0.39, 0.29) is 18.9 Å². The maximum absolute atomic E-state index is 11.9. The standard InChI is InChI=1S/C12H22N2O5/c1-4-8(3)14(5-2)12(19)13-9(11(17)18)6-7-10(15)16/h8-9H,4-7H2,1-3H3,(H,13,19)(H,15,16)(H,17,18). The average molecular weight is 274 g/mol. The van der Waals surface area contributed by atoms with Crippen molar-refractivity contribution in [1.29, 1.82) is 0 Å². The van der Waals surface area contributed by atoms with Gasteiger partial charge in [-0.25, -0.2) is 9.59 Å². The molecule has 7 nitrogen and oxygen atoms in total. The second kappa shape index (κ2) is 8.34. The molecule has 7 heteroatoms. The molecule has 0 bridgehead atoms. The van der Waals surface area contributed by atoms with Crippen molar-refractivity contribution < 1.29 is 24.6 Å². The van der Waals surface area contributed by atoms with Crippen LogP contribution in [0.1, 0.15) is 40.0 Å². The third kappa shape index (κ3) is 6.08. The number of nitrogens with one attached hydrogen (secondary N) is 1. The molecule has 19 heavy (non-hydrogen) atoms. The Morgan fingerprint density at radius 2 is 1.79 bits per heavy atom. The van der Waals surface area contributed by atoms with Gasteiger partial charge in [-0.1, -0.05) is 6.92 Å². The van der Waals surface area contributed by atoms with E-state index in [1.807, 2.05) is 13.8 Å². The first-order valence-corrected chi connectivity index (χ1v) is 6.35. The summed E-state index contributed by atoms with van der Waals surface area (Å²) in [4.78, 5) is 34.9. The fourth-order valence-electron chi connectivity index (χ4n) is 1.63. The number of carboxylic acids is 2. The van der Waals surface area contributed by atoms with E-state index >= 15 is 0 Å². The van der Waals surface area contributed by atoms with Gasteiger partial charge in [0.1, 0.15) is 6.04 Å². The quantitative estimate of drug-likeness (QED) is 0.615. The van der Waals surface area contributed by atoms with Crippen LogP contribution in [0, 0.1) is 0 Å². The predicted octanol–water partition coefficient (Wildman–Crippen LogP) is 1.13. The smallest absolute Gasteiger partial charge is 0.326 e. The first kappa shape index (κ1) is 17.2. The van der Waals surface area contributed by atoms with Crippen LogP contribution in [0.25, 0.3) is 0 Å². The van der Waals surface area contributed by atoms with Gasteiger partial charge >= 0.3 is 18.0 Å². The molecule has 0 aromatic heterocycles. The van der Waals surface area contributed by atoms with Gasteiger partial charge in [0.25, 0.3) is 0 Å². The zero-order chi connectivity index (χ0) is 15.0. The number of rotatable bonds is 8. The molecule has 110 valence electrons. The SMILES string of the molecule is CCC(C)N(CC)C(=O)NC(CCC(=O)O)C(=O)O. The molecular formula is C12H22N2O5. The highest BCUT2D eigenvalue weighted by Crippen LogP contribution is 2.05. The molecular weight excluding hydrogens is 252 g/mol. The van der Waals surface area contributed by atoms with Gasteiger partial charge in [0, 0.05) is 19.0 Å². The van der Waals surface area contributed by atoms with E-state index in [1.54, 1.807) is 6.92 Å². The summed E-state index contributed by atoms with van der Waals surface area (Å²) in [6.07, 6.45) is 0.329. The van der Waals surface area contributed by atoms with Gasteiger partial charge < -0.3 is 20.4 Å². The van der Waals surface area contributed by atoms with Crippen molar-refractivity contribution in [2.45, 2.75) is 52.1 Å². The lowest BCUT2D eigenvalue weighted by Crippen LogP contribution is -2.50. The third-order valence-corrected chi connectivity index (χ3v) is 2.97. The summed E-state index contributed by atoms with van der Waals surface area (Å²) in [7, 11) is 0. The Hall–Kier alpha value is -1.79. The predicted molar refractivity (Wildman–Crippen MR) is 69.0 cm³/mol. The molecule has 0 saturated carbocycles. The van der Waals surface area contributed by atoms with Gasteiger partial charge in [0.2, 0.25) is 0 Å². The number of amides is 2. The van der Waals surface area contributed by atoms with Crippen LogP contribution >= 0.6 is 0 Å². The van der Waals surface area contributed by atoms with Crippen LogP contribution in [0.2, 0.25) is 0 Å². The van der Waals surface area contributed by atoms with Crippen LogP contribution in [0.15, 0.2) is 0 Å². The van der Waals surface area contributed by atoms with Crippen LogP contribution in [-0.2, 0) is 9.59 Å². The Morgan fingerprint density at radius 1 is 1.21 bits per heavy atom. The Labute approximate surface area is 112 Å². The molecule has 2 amide bonds. The molecule has 2 unspecified atom stereocenters. The van der Waals surface area contributed by atoms with E-state index in [4.69, 9.17) is 10.2 Å². The molecule has 0 aromatic carbocycles. The molecule has 2 atom stereocenters. The van der Waals surface area contributed by atoms with E-state index in [0.717, 1.165) is 6.42 Å². The zero-order valence-electron chi connectivity index (χ0n) is 11.5. The molecule has 0 aromatic rings. The summed E-state index contributed by atoms with van der Waals surface area (Å²) in [5.74, 6) is -2.32. The lowest BCUT2D eigenvalue weighted by atomic mass is 10.1. The Morgan fingerprint density at radius 3 is 2.16 bits per heavy atom. The number of hydrogen-bond acceptors (Lipinski definition) is 3. The zero-order valence-corrected chi connectivity index (χ0v) is 11.5. The van der Waals surface area contributed by atoms with Gasteiger partial charge in [-0.05, 0) is 26.7 Å². The van der Waals surface area contributed by atoms with Crippen molar-refractivity contribution >= 4 is 18.0 Å². The monoisotopic (exact) mass is 274 g/mol. The molecule has 0 aliphatic carbocycles. The Balaban J connectivity index is 4.60. The molecule has 3 N–H and O–H groups in total. The van der Waals surface area contributed by atoms with Crippen LogP contribution in [0.4, 0.5) is 4.79 Å².